The highest BCUT2D eigenvalue weighted by atomic mass is 32.2. The molecule has 0 radical (unpaired) electrons. The Labute approximate surface area is 101 Å². The van der Waals surface area contributed by atoms with Crippen LogP contribution in [0.25, 0.3) is 0 Å². The Balaban J connectivity index is 0.000000366. The van der Waals surface area contributed by atoms with Gasteiger partial charge in [-0.2, -0.15) is 8.42 Å². The minimum absolute atomic E-state index is 0.0666. The summed E-state index contributed by atoms with van der Waals surface area (Å²) in [5.74, 6) is -0.157. The summed E-state index contributed by atoms with van der Waals surface area (Å²) >= 11 is 0. The largest absolute Gasteiger partial charge is 0.469 e. The molecule has 0 bridgehead atoms. The molecule has 96 valence electrons. The molecule has 0 aliphatic carbocycles. The van der Waals surface area contributed by atoms with Gasteiger partial charge in [0.15, 0.2) is 0 Å². The van der Waals surface area contributed by atoms with E-state index in [1.165, 1.54) is 19.2 Å². The average Bonchev–Trinajstić information content (AvgIpc) is 2.28. The third-order valence-corrected chi connectivity index (χ3v) is 2.70. The Bertz CT molecular complexity index is 441. The summed E-state index contributed by atoms with van der Waals surface area (Å²) in [4.78, 5) is 9.89. The zero-order valence-electron chi connectivity index (χ0n) is 10.0. The Morgan fingerprint density at radius 1 is 1.29 bits per heavy atom. The maximum atomic E-state index is 10.5. The van der Waals surface area contributed by atoms with Gasteiger partial charge in [-0.05, 0) is 19.1 Å². The molecule has 1 N–H and O–H groups in total. The Morgan fingerprint density at radius 2 is 1.76 bits per heavy atom. The summed E-state index contributed by atoms with van der Waals surface area (Å²) in [6, 6.07) is 5.99. The number of ether oxygens (including phenoxy) is 1. The van der Waals surface area contributed by atoms with Gasteiger partial charge in [0.25, 0.3) is 10.1 Å². The van der Waals surface area contributed by atoms with Crippen molar-refractivity contribution in [3.8, 4) is 0 Å². The predicted octanol–water partition coefficient (Wildman–Crippen LogP) is 1.81. The summed E-state index contributed by atoms with van der Waals surface area (Å²) in [6.07, 6.45) is 0.469. The minimum atomic E-state index is -4.02. The average molecular weight is 260 g/mol. The van der Waals surface area contributed by atoms with Gasteiger partial charge in [-0.3, -0.25) is 9.35 Å². The second-order valence-corrected chi connectivity index (χ2v) is 4.64. The van der Waals surface area contributed by atoms with E-state index in [-0.39, 0.29) is 10.9 Å². The molecule has 1 aromatic carbocycles. The van der Waals surface area contributed by atoms with Crippen LogP contribution in [-0.4, -0.2) is 26.0 Å². The lowest BCUT2D eigenvalue weighted by atomic mass is 10.2. The normalized spacial score (nSPS) is 10.1. The van der Waals surface area contributed by atoms with Gasteiger partial charge in [0, 0.05) is 6.42 Å². The minimum Gasteiger partial charge on any atom is -0.469 e. The molecule has 0 aliphatic rings. The molecule has 1 aromatic rings. The van der Waals surface area contributed by atoms with Gasteiger partial charge in [-0.25, -0.2) is 0 Å². The van der Waals surface area contributed by atoms with Gasteiger partial charge in [0.1, 0.15) is 0 Å². The van der Waals surface area contributed by atoms with Gasteiger partial charge in [-0.15, -0.1) is 0 Å². The zero-order valence-corrected chi connectivity index (χ0v) is 10.8. The van der Waals surface area contributed by atoms with Crippen LogP contribution in [0.1, 0.15) is 18.9 Å². The van der Waals surface area contributed by atoms with Crippen LogP contribution < -0.4 is 0 Å². The van der Waals surface area contributed by atoms with Crippen LogP contribution in [0.3, 0.4) is 0 Å². The number of methoxy groups -OCH3 is 1. The van der Waals surface area contributed by atoms with Gasteiger partial charge >= 0.3 is 5.97 Å². The van der Waals surface area contributed by atoms with Crippen LogP contribution in [0.2, 0.25) is 0 Å². The fourth-order valence-electron chi connectivity index (χ4n) is 0.855. The maximum Gasteiger partial charge on any atom is 0.305 e. The van der Waals surface area contributed by atoms with Crippen molar-refractivity contribution in [3.05, 3.63) is 29.8 Å². The van der Waals surface area contributed by atoms with Crippen molar-refractivity contribution in [2.45, 2.75) is 25.2 Å². The molecule has 17 heavy (non-hydrogen) atoms. The molecular weight excluding hydrogens is 244 g/mol. The first kappa shape index (κ1) is 15.6. The van der Waals surface area contributed by atoms with E-state index in [0.29, 0.717) is 6.42 Å². The smallest absolute Gasteiger partial charge is 0.305 e. The first-order valence-electron chi connectivity index (χ1n) is 4.92. The van der Waals surface area contributed by atoms with E-state index in [1.54, 1.807) is 19.1 Å². The van der Waals surface area contributed by atoms with Crippen molar-refractivity contribution in [2.24, 2.45) is 0 Å². The monoisotopic (exact) mass is 260 g/mol. The van der Waals surface area contributed by atoms with Gasteiger partial charge in [0.2, 0.25) is 0 Å². The van der Waals surface area contributed by atoms with Crippen molar-refractivity contribution in [1.82, 2.24) is 0 Å². The standard InChI is InChI=1S/C7H8O3S.C4H8O2/c1-6-2-4-7(5-3-6)11(8,9)10;1-3-4(5)6-2/h2-5H,1H3,(H,8,9,10);3H2,1-2H3. The van der Waals surface area contributed by atoms with Gasteiger partial charge < -0.3 is 4.74 Å². The second kappa shape index (κ2) is 7.03. The van der Waals surface area contributed by atoms with Crippen molar-refractivity contribution in [2.75, 3.05) is 7.11 Å². The molecule has 0 saturated heterocycles. The van der Waals surface area contributed by atoms with Crippen LogP contribution in [-0.2, 0) is 19.6 Å². The maximum absolute atomic E-state index is 10.5. The summed E-state index contributed by atoms with van der Waals surface area (Å²) in [5, 5.41) is 0. The van der Waals surface area contributed by atoms with Crippen LogP contribution >= 0.6 is 0 Å². The van der Waals surface area contributed by atoms with Crippen molar-refractivity contribution in [1.29, 1.82) is 0 Å². The summed E-state index contributed by atoms with van der Waals surface area (Å²) in [7, 11) is -2.64. The lowest BCUT2D eigenvalue weighted by Gasteiger charge is -1.95. The highest BCUT2D eigenvalue weighted by Crippen LogP contribution is 2.08. The molecule has 0 unspecified atom stereocenters. The van der Waals surface area contributed by atoms with Gasteiger partial charge in [-0.1, -0.05) is 24.6 Å². The molecule has 0 amide bonds. The fourth-order valence-corrected chi connectivity index (χ4v) is 1.33. The number of hydrogen-bond acceptors (Lipinski definition) is 4. The molecule has 0 saturated carbocycles. The van der Waals surface area contributed by atoms with E-state index >= 15 is 0 Å². The molecule has 0 spiro atoms. The third-order valence-electron chi connectivity index (χ3n) is 1.84. The molecule has 6 heteroatoms. The Hall–Kier alpha value is -1.40. The zero-order chi connectivity index (χ0) is 13.5. The number of hydrogen-bond donors (Lipinski definition) is 1. The third kappa shape index (κ3) is 6.70. The topological polar surface area (TPSA) is 80.7 Å². The molecule has 0 aliphatic heterocycles. The molecule has 0 atom stereocenters. The number of rotatable bonds is 2. The molecular formula is C11H16O5S. The molecule has 0 heterocycles. The van der Waals surface area contributed by atoms with Crippen LogP contribution in [0.5, 0.6) is 0 Å². The molecule has 1 rings (SSSR count). The van der Waals surface area contributed by atoms with E-state index in [9.17, 15) is 13.2 Å². The highest BCUT2D eigenvalue weighted by Gasteiger charge is 2.06. The molecule has 5 nitrogen and oxygen atoms in total. The van der Waals surface area contributed by atoms with Crippen molar-refractivity contribution >= 4 is 16.1 Å². The van der Waals surface area contributed by atoms with Crippen molar-refractivity contribution in [3.63, 3.8) is 0 Å². The fraction of sp³-hybridized carbons (Fsp3) is 0.364. The second-order valence-electron chi connectivity index (χ2n) is 3.22. The number of esters is 1. The quantitative estimate of drug-likeness (QED) is 0.648. The number of aryl methyl sites for hydroxylation is 1. The van der Waals surface area contributed by atoms with E-state index in [2.05, 4.69) is 4.74 Å². The van der Waals surface area contributed by atoms with E-state index < -0.39 is 10.1 Å². The highest BCUT2D eigenvalue weighted by molar-refractivity contribution is 7.85. The van der Waals surface area contributed by atoms with Crippen LogP contribution in [0, 0.1) is 6.92 Å². The lowest BCUT2D eigenvalue weighted by molar-refractivity contribution is -0.140. The Morgan fingerprint density at radius 3 is 2.00 bits per heavy atom. The van der Waals surface area contributed by atoms with Gasteiger partial charge in [0.05, 0.1) is 12.0 Å². The predicted molar refractivity (Wildman–Crippen MR) is 63.3 cm³/mol. The number of carbonyl (C=O) groups excluding carboxylic acids is 1. The molecule has 0 aromatic heterocycles. The van der Waals surface area contributed by atoms with Crippen LogP contribution in [0.15, 0.2) is 29.2 Å². The number of benzene rings is 1. The lowest BCUT2D eigenvalue weighted by Crippen LogP contribution is -1.96. The number of carbonyl (C=O) groups is 1. The first-order valence-corrected chi connectivity index (χ1v) is 6.36. The Kier molecular flexibility index (Phi) is 6.45. The van der Waals surface area contributed by atoms with E-state index in [4.69, 9.17) is 4.55 Å². The first-order chi connectivity index (χ1) is 7.81. The molecule has 0 fully saturated rings. The van der Waals surface area contributed by atoms with Crippen LogP contribution in [0.4, 0.5) is 0 Å². The van der Waals surface area contributed by atoms with E-state index in [1.807, 2.05) is 6.92 Å². The van der Waals surface area contributed by atoms with E-state index in [0.717, 1.165) is 5.56 Å². The summed E-state index contributed by atoms with van der Waals surface area (Å²) in [6.45, 7) is 3.60. The summed E-state index contributed by atoms with van der Waals surface area (Å²) < 4.78 is 33.8. The van der Waals surface area contributed by atoms with Crippen molar-refractivity contribution < 1.29 is 22.5 Å². The summed E-state index contributed by atoms with van der Waals surface area (Å²) in [5.41, 5.74) is 0.956. The SMILES string of the molecule is CCC(=O)OC.Cc1ccc(S(=O)(=O)O)cc1.